The Hall–Kier alpha value is -0.660. The van der Waals surface area contributed by atoms with Crippen molar-refractivity contribution in [1.82, 2.24) is 9.80 Å². The molecule has 134 valence electrons. The molecule has 0 spiro atoms. The number of nitrogens with zero attached hydrogens (tertiary/aromatic N) is 2. The van der Waals surface area contributed by atoms with Gasteiger partial charge in [-0.15, -0.1) is 5.75 Å². The first kappa shape index (κ1) is 18.1. The van der Waals surface area contributed by atoms with E-state index in [0.717, 1.165) is 62.4 Å². The summed E-state index contributed by atoms with van der Waals surface area (Å²) in [5.74, 6) is 0.160. The van der Waals surface area contributed by atoms with Gasteiger partial charge in [-0.25, -0.2) is 0 Å². The second-order valence-corrected chi connectivity index (χ2v) is 7.93. The van der Waals surface area contributed by atoms with Crippen LogP contribution in [0.4, 0.5) is 0 Å². The van der Waals surface area contributed by atoms with Crippen molar-refractivity contribution in [2.45, 2.75) is 25.4 Å². The topological polar surface area (TPSA) is 54.2 Å². The Balaban J connectivity index is 1.45. The lowest BCUT2D eigenvalue weighted by atomic mass is 10.0. The van der Waals surface area contributed by atoms with Gasteiger partial charge in [0.2, 0.25) is 0 Å². The molecule has 2 saturated heterocycles. The van der Waals surface area contributed by atoms with E-state index in [1.54, 1.807) is 6.07 Å². The molecule has 0 atom stereocenters. The van der Waals surface area contributed by atoms with Crippen molar-refractivity contribution < 1.29 is 15.1 Å². The molecule has 0 aliphatic carbocycles. The lowest BCUT2D eigenvalue weighted by molar-refractivity contribution is -0.919. The summed E-state index contributed by atoms with van der Waals surface area (Å²) in [6.07, 6.45) is 2.44. The maximum Gasteiger partial charge on any atom is 0.102 e. The molecule has 2 fully saturated rings. The normalized spacial score (nSPS) is 26.6. The number of aliphatic hydroxyl groups excluding tert-OH is 1. The molecule has 2 aliphatic rings. The Morgan fingerprint density at radius 1 is 1.17 bits per heavy atom. The maximum absolute atomic E-state index is 12.0. The number of β-amino-alcohol motifs (C(OH)–C–C–N with tert-alkyl or cyclic N) is 1. The van der Waals surface area contributed by atoms with Crippen molar-refractivity contribution in [1.29, 1.82) is 0 Å². The molecule has 0 amide bonds. The molecule has 24 heavy (non-hydrogen) atoms. The van der Waals surface area contributed by atoms with E-state index in [9.17, 15) is 5.11 Å². The summed E-state index contributed by atoms with van der Waals surface area (Å²) < 4.78 is 0.993. The van der Waals surface area contributed by atoms with Crippen molar-refractivity contribution in [3.05, 3.63) is 28.2 Å². The number of hydrogen-bond donors (Lipinski definition) is 2. The lowest BCUT2D eigenvalue weighted by Gasteiger charge is -2.41. The van der Waals surface area contributed by atoms with Crippen molar-refractivity contribution in [2.75, 3.05) is 52.4 Å². The predicted molar refractivity (Wildman–Crippen MR) is 96.1 cm³/mol. The highest BCUT2D eigenvalue weighted by Crippen LogP contribution is 2.19. The van der Waals surface area contributed by atoms with Gasteiger partial charge in [-0.1, -0.05) is 22.0 Å². The highest BCUT2D eigenvalue weighted by atomic mass is 79.9. The zero-order chi connectivity index (χ0) is 16.9. The van der Waals surface area contributed by atoms with Crippen LogP contribution < -0.4 is 10.0 Å². The Morgan fingerprint density at radius 3 is 2.54 bits per heavy atom. The lowest BCUT2D eigenvalue weighted by Crippen LogP contribution is -3.12. The molecule has 0 aromatic heterocycles. The van der Waals surface area contributed by atoms with Crippen LogP contribution in [0.15, 0.2) is 22.7 Å². The van der Waals surface area contributed by atoms with E-state index in [1.807, 2.05) is 12.1 Å². The van der Waals surface area contributed by atoms with E-state index in [0.29, 0.717) is 6.04 Å². The second kappa shape index (κ2) is 8.63. The zero-order valence-electron chi connectivity index (χ0n) is 14.2. The molecular weight excluding hydrogens is 370 g/mol. The second-order valence-electron chi connectivity index (χ2n) is 7.01. The molecule has 0 saturated carbocycles. The Bertz CT molecular complexity index is 527. The first-order chi connectivity index (χ1) is 11.7. The quantitative estimate of drug-likeness (QED) is 0.714. The number of rotatable bonds is 5. The number of piperazine rings is 1. The fraction of sp³-hybridized carbons (Fsp3) is 0.667. The zero-order valence-corrected chi connectivity index (χ0v) is 15.8. The summed E-state index contributed by atoms with van der Waals surface area (Å²) in [6.45, 7) is 8.60. The van der Waals surface area contributed by atoms with Crippen LogP contribution >= 0.6 is 15.9 Å². The van der Waals surface area contributed by atoms with Crippen molar-refractivity contribution in [3.8, 4) is 5.75 Å². The molecule has 6 heteroatoms. The van der Waals surface area contributed by atoms with Gasteiger partial charge in [-0.2, -0.15) is 0 Å². The van der Waals surface area contributed by atoms with E-state index in [1.165, 1.54) is 17.7 Å². The van der Waals surface area contributed by atoms with E-state index < -0.39 is 0 Å². The van der Waals surface area contributed by atoms with E-state index in [2.05, 4.69) is 25.7 Å². The molecule has 0 radical (unpaired) electrons. The molecule has 1 aromatic rings. The van der Waals surface area contributed by atoms with Crippen molar-refractivity contribution in [2.24, 2.45) is 0 Å². The van der Waals surface area contributed by atoms with E-state index >= 15 is 0 Å². The fourth-order valence-electron chi connectivity index (χ4n) is 4.00. The Labute approximate surface area is 153 Å². The largest absolute Gasteiger partial charge is 0.872 e. The van der Waals surface area contributed by atoms with Crippen LogP contribution in [0, 0.1) is 0 Å². The van der Waals surface area contributed by atoms with Crippen LogP contribution in [-0.2, 0) is 6.54 Å². The van der Waals surface area contributed by atoms with Crippen molar-refractivity contribution >= 4 is 15.9 Å². The standard InChI is InChI=1S/C18H28BrN3O2/c19-16-1-2-18(24)15(13-16)14-21-5-3-17(4-6-21)22-9-7-20(8-10-22)11-12-23/h1-2,13,17,23-24H,3-12,14H2. The van der Waals surface area contributed by atoms with Gasteiger partial charge in [0.15, 0.2) is 0 Å². The fourth-order valence-corrected chi connectivity index (χ4v) is 4.41. The first-order valence-corrected chi connectivity index (χ1v) is 9.81. The van der Waals surface area contributed by atoms with Gasteiger partial charge >= 0.3 is 0 Å². The van der Waals surface area contributed by atoms with Gasteiger partial charge in [0.1, 0.15) is 6.54 Å². The van der Waals surface area contributed by atoms with Gasteiger partial charge in [0, 0.05) is 56.1 Å². The van der Waals surface area contributed by atoms with Crippen LogP contribution in [0.3, 0.4) is 0 Å². The van der Waals surface area contributed by atoms with Gasteiger partial charge in [-0.05, 0) is 17.7 Å². The van der Waals surface area contributed by atoms with Crippen LogP contribution in [0.5, 0.6) is 5.75 Å². The maximum atomic E-state index is 12.0. The molecule has 5 nitrogen and oxygen atoms in total. The molecule has 0 unspecified atom stereocenters. The minimum atomic E-state index is 0.160. The average Bonchev–Trinajstić information content (AvgIpc) is 2.60. The van der Waals surface area contributed by atoms with Crippen molar-refractivity contribution in [3.63, 3.8) is 0 Å². The number of piperidine rings is 1. The number of quaternary nitrogens is 1. The van der Waals surface area contributed by atoms with Crippen LogP contribution in [0.1, 0.15) is 18.4 Å². The highest BCUT2D eigenvalue weighted by molar-refractivity contribution is 9.10. The SMILES string of the molecule is [O-]c1ccc(Br)cc1C[NH+]1CCC(N2CCN(CCO)CC2)CC1. The molecule has 1 aromatic carbocycles. The molecule has 2 heterocycles. The van der Waals surface area contributed by atoms with Gasteiger partial charge in [0.25, 0.3) is 0 Å². The number of benzene rings is 1. The third kappa shape index (κ3) is 4.70. The minimum Gasteiger partial charge on any atom is -0.872 e. The van der Waals surface area contributed by atoms with E-state index in [4.69, 9.17) is 5.11 Å². The van der Waals surface area contributed by atoms with Gasteiger partial charge in [-0.3, -0.25) is 9.80 Å². The molecule has 3 rings (SSSR count). The predicted octanol–water partition coefficient (Wildman–Crippen LogP) is -0.320. The number of aliphatic hydroxyl groups is 1. The monoisotopic (exact) mass is 397 g/mol. The Morgan fingerprint density at radius 2 is 1.88 bits per heavy atom. The summed E-state index contributed by atoms with van der Waals surface area (Å²) in [6, 6.07) is 6.16. The van der Waals surface area contributed by atoms with Gasteiger partial charge in [0.05, 0.1) is 19.7 Å². The summed E-state index contributed by atoms with van der Waals surface area (Å²) in [5.41, 5.74) is 0.926. The van der Waals surface area contributed by atoms with Crippen LogP contribution in [-0.4, -0.2) is 73.4 Å². The molecule has 0 bridgehead atoms. The molecule has 2 aliphatic heterocycles. The number of likely N-dealkylation sites (tertiary alicyclic amines) is 1. The third-order valence-corrected chi connectivity index (χ3v) is 5.96. The van der Waals surface area contributed by atoms with E-state index in [-0.39, 0.29) is 12.4 Å². The Kier molecular flexibility index (Phi) is 6.52. The smallest absolute Gasteiger partial charge is 0.102 e. The number of halogens is 1. The third-order valence-electron chi connectivity index (χ3n) is 5.46. The summed E-state index contributed by atoms with van der Waals surface area (Å²) in [5, 5.41) is 21.0. The highest BCUT2D eigenvalue weighted by Gasteiger charge is 2.29. The summed E-state index contributed by atoms with van der Waals surface area (Å²) in [7, 11) is 0. The number of hydrogen-bond acceptors (Lipinski definition) is 4. The van der Waals surface area contributed by atoms with Gasteiger partial charge < -0.3 is 15.1 Å². The summed E-state index contributed by atoms with van der Waals surface area (Å²) in [4.78, 5) is 6.50. The molecular formula is C18H28BrN3O2. The van der Waals surface area contributed by atoms with Crippen LogP contribution in [0.2, 0.25) is 0 Å². The number of nitrogens with one attached hydrogen (secondary N) is 1. The first-order valence-electron chi connectivity index (χ1n) is 9.02. The molecule has 2 N–H and O–H groups in total. The minimum absolute atomic E-state index is 0.160. The van der Waals surface area contributed by atoms with Crippen LogP contribution in [0.25, 0.3) is 0 Å². The average molecular weight is 398 g/mol. The summed E-state index contributed by atoms with van der Waals surface area (Å²) >= 11 is 3.46.